The molecule has 0 aliphatic heterocycles. The first-order valence-electron chi connectivity index (χ1n) is 5.81. The zero-order valence-electron chi connectivity index (χ0n) is 10.6. The number of hydrogen-bond acceptors (Lipinski definition) is 1. The fourth-order valence-corrected chi connectivity index (χ4v) is 2.19. The molecule has 0 saturated carbocycles. The predicted molar refractivity (Wildman–Crippen MR) is 83.0 cm³/mol. The summed E-state index contributed by atoms with van der Waals surface area (Å²) in [6.45, 7) is 3.83. The van der Waals surface area contributed by atoms with Crippen LogP contribution in [-0.4, -0.2) is 5.91 Å². The van der Waals surface area contributed by atoms with E-state index in [2.05, 4.69) is 21.2 Å². The molecule has 0 aliphatic carbocycles. The zero-order chi connectivity index (χ0) is 14.0. The summed E-state index contributed by atoms with van der Waals surface area (Å²) in [5, 5.41) is 3.56. The van der Waals surface area contributed by atoms with E-state index in [4.69, 9.17) is 11.6 Å². The predicted octanol–water partition coefficient (Wildman–Crippen LogP) is 4.97. The first-order chi connectivity index (χ1) is 8.97. The van der Waals surface area contributed by atoms with E-state index in [1.165, 1.54) is 0 Å². The van der Waals surface area contributed by atoms with Gasteiger partial charge in [-0.15, -0.1) is 0 Å². The van der Waals surface area contributed by atoms with E-state index in [9.17, 15) is 4.79 Å². The van der Waals surface area contributed by atoms with Gasteiger partial charge in [-0.1, -0.05) is 33.6 Å². The van der Waals surface area contributed by atoms with Crippen molar-refractivity contribution in [3.8, 4) is 0 Å². The van der Waals surface area contributed by atoms with E-state index in [-0.39, 0.29) is 5.91 Å². The largest absolute Gasteiger partial charge is 0.322 e. The first-order valence-corrected chi connectivity index (χ1v) is 6.98. The van der Waals surface area contributed by atoms with Crippen LogP contribution in [0.15, 0.2) is 40.9 Å². The SMILES string of the molecule is Cc1cc(C(=O)Nc2cc(Br)ccc2C)ccc1Cl. The van der Waals surface area contributed by atoms with Crippen LogP contribution in [0.4, 0.5) is 5.69 Å². The normalized spacial score (nSPS) is 10.3. The van der Waals surface area contributed by atoms with Crippen LogP contribution >= 0.6 is 27.5 Å². The molecule has 2 rings (SSSR count). The minimum absolute atomic E-state index is 0.138. The summed E-state index contributed by atoms with van der Waals surface area (Å²) in [6.07, 6.45) is 0. The van der Waals surface area contributed by atoms with Crippen LogP contribution in [0.2, 0.25) is 5.02 Å². The van der Waals surface area contributed by atoms with Crippen LogP contribution in [0.3, 0.4) is 0 Å². The van der Waals surface area contributed by atoms with Crippen molar-refractivity contribution in [2.24, 2.45) is 0 Å². The number of hydrogen-bond donors (Lipinski definition) is 1. The van der Waals surface area contributed by atoms with E-state index >= 15 is 0 Å². The van der Waals surface area contributed by atoms with Crippen molar-refractivity contribution in [2.45, 2.75) is 13.8 Å². The molecule has 19 heavy (non-hydrogen) atoms. The average Bonchev–Trinajstić information content (AvgIpc) is 2.37. The summed E-state index contributed by atoms with van der Waals surface area (Å²) >= 11 is 9.35. The quantitative estimate of drug-likeness (QED) is 0.823. The molecule has 0 fully saturated rings. The second-order valence-corrected chi connectivity index (χ2v) is 5.70. The molecule has 0 radical (unpaired) electrons. The van der Waals surface area contributed by atoms with Gasteiger partial charge >= 0.3 is 0 Å². The number of carbonyl (C=O) groups excluding carboxylic acids is 1. The highest BCUT2D eigenvalue weighted by Gasteiger charge is 2.09. The lowest BCUT2D eigenvalue weighted by molar-refractivity contribution is 0.102. The third kappa shape index (κ3) is 3.37. The van der Waals surface area contributed by atoms with Crippen LogP contribution in [0.25, 0.3) is 0 Å². The van der Waals surface area contributed by atoms with Crippen LogP contribution in [0.5, 0.6) is 0 Å². The summed E-state index contributed by atoms with van der Waals surface area (Å²) < 4.78 is 0.931. The molecule has 0 spiro atoms. The van der Waals surface area contributed by atoms with E-state index in [1.54, 1.807) is 18.2 Å². The lowest BCUT2D eigenvalue weighted by Crippen LogP contribution is -2.12. The van der Waals surface area contributed by atoms with E-state index in [1.807, 2.05) is 32.0 Å². The molecule has 0 heterocycles. The number of nitrogens with one attached hydrogen (secondary N) is 1. The Hall–Kier alpha value is -1.32. The molecule has 0 aromatic heterocycles. The number of carbonyl (C=O) groups is 1. The van der Waals surface area contributed by atoms with Crippen molar-refractivity contribution in [3.05, 3.63) is 62.6 Å². The smallest absolute Gasteiger partial charge is 0.255 e. The van der Waals surface area contributed by atoms with Gasteiger partial charge in [0.25, 0.3) is 5.91 Å². The summed E-state index contributed by atoms with van der Waals surface area (Å²) in [5.41, 5.74) is 3.30. The Labute approximate surface area is 125 Å². The second kappa shape index (κ2) is 5.76. The number of anilines is 1. The summed E-state index contributed by atoms with van der Waals surface area (Å²) in [4.78, 5) is 12.2. The maximum absolute atomic E-state index is 12.2. The van der Waals surface area contributed by atoms with Crippen LogP contribution < -0.4 is 5.32 Å². The van der Waals surface area contributed by atoms with Gasteiger partial charge in [0.05, 0.1) is 0 Å². The molecule has 0 aliphatic rings. The third-order valence-corrected chi connectivity index (χ3v) is 3.79. The maximum Gasteiger partial charge on any atom is 0.255 e. The topological polar surface area (TPSA) is 29.1 Å². The Balaban J connectivity index is 2.25. The van der Waals surface area contributed by atoms with Gasteiger partial charge in [-0.3, -0.25) is 4.79 Å². The van der Waals surface area contributed by atoms with Crippen molar-refractivity contribution in [1.82, 2.24) is 0 Å². The molecule has 0 unspecified atom stereocenters. The zero-order valence-corrected chi connectivity index (χ0v) is 13.0. The molecule has 4 heteroatoms. The Morgan fingerprint density at radius 3 is 2.53 bits per heavy atom. The second-order valence-electron chi connectivity index (χ2n) is 4.38. The molecular weight excluding hydrogens is 326 g/mol. The third-order valence-electron chi connectivity index (χ3n) is 2.87. The van der Waals surface area contributed by atoms with E-state index < -0.39 is 0 Å². The van der Waals surface area contributed by atoms with Gasteiger partial charge in [0.1, 0.15) is 0 Å². The Morgan fingerprint density at radius 2 is 1.84 bits per heavy atom. The van der Waals surface area contributed by atoms with Crippen molar-refractivity contribution in [2.75, 3.05) is 5.32 Å². The fraction of sp³-hybridized carbons (Fsp3) is 0.133. The van der Waals surface area contributed by atoms with Crippen LogP contribution in [0.1, 0.15) is 21.5 Å². The number of halogens is 2. The maximum atomic E-state index is 12.2. The van der Waals surface area contributed by atoms with Crippen LogP contribution in [0, 0.1) is 13.8 Å². The van der Waals surface area contributed by atoms with E-state index in [0.717, 1.165) is 21.3 Å². The minimum Gasteiger partial charge on any atom is -0.322 e. The Morgan fingerprint density at radius 1 is 1.11 bits per heavy atom. The van der Waals surface area contributed by atoms with Gasteiger partial charge in [0, 0.05) is 20.7 Å². The molecule has 0 atom stereocenters. The summed E-state index contributed by atoms with van der Waals surface area (Å²) in [6, 6.07) is 11.0. The Kier molecular flexibility index (Phi) is 4.27. The monoisotopic (exact) mass is 337 g/mol. The molecule has 1 amide bonds. The van der Waals surface area contributed by atoms with Gasteiger partial charge in [0.2, 0.25) is 0 Å². The van der Waals surface area contributed by atoms with Gasteiger partial charge in [0.15, 0.2) is 0 Å². The van der Waals surface area contributed by atoms with Crippen molar-refractivity contribution in [1.29, 1.82) is 0 Å². The number of amides is 1. The standard InChI is InChI=1S/C15H13BrClNO/c1-9-3-5-12(16)8-14(9)18-15(19)11-4-6-13(17)10(2)7-11/h3-8H,1-2H3,(H,18,19). The molecular formula is C15H13BrClNO. The summed E-state index contributed by atoms with van der Waals surface area (Å²) in [5.74, 6) is -0.138. The van der Waals surface area contributed by atoms with Gasteiger partial charge < -0.3 is 5.32 Å². The lowest BCUT2D eigenvalue weighted by atomic mass is 10.1. The van der Waals surface area contributed by atoms with Crippen molar-refractivity contribution in [3.63, 3.8) is 0 Å². The van der Waals surface area contributed by atoms with Crippen molar-refractivity contribution < 1.29 is 4.79 Å². The van der Waals surface area contributed by atoms with Crippen LogP contribution in [-0.2, 0) is 0 Å². The first kappa shape index (κ1) is 14.1. The molecule has 0 bridgehead atoms. The highest BCUT2D eigenvalue weighted by molar-refractivity contribution is 9.10. The molecule has 2 aromatic rings. The highest BCUT2D eigenvalue weighted by Crippen LogP contribution is 2.22. The molecule has 0 saturated heterocycles. The number of aryl methyl sites for hydroxylation is 2. The number of rotatable bonds is 2. The summed E-state index contributed by atoms with van der Waals surface area (Å²) in [7, 11) is 0. The average molecular weight is 339 g/mol. The molecule has 1 N–H and O–H groups in total. The fourth-order valence-electron chi connectivity index (χ4n) is 1.71. The molecule has 2 nitrogen and oxygen atoms in total. The lowest BCUT2D eigenvalue weighted by Gasteiger charge is -2.09. The minimum atomic E-state index is -0.138. The number of benzene rings is 2. The highest BCUT2D eigenvalue weighted by atomic mass is 79.9. The van der Waals surface area contributed by atoms with E-state index in [0.29, 0.717) is 10.6 Å². The van der Waals surface area contributed by atoms with Gasteiger partial charge in [-0.25, -0.2) is 0 Å². The Bertz CT molecular complexity index is 640. The van der Waals surface area contributed by atoms with Gasteiger partial charge in [-0.2, -0.15) is 0 Å². The molecule has 2 aromatic carbocycles. The molecule has 98 valence electrons. The van der Waals surface area contributed by atoms with Crippen molar-refractivity contribution >= 4 is 39.1 Å². The van der Waals surface area contributed by atoms with Gasteiger partial charge in [-0.05, 0) is 55.3 Å².